The number of rotatable bonds is 13. The lowest BCUT2D eigenvalue weighted by Crippen LogP contribution is -2.12. The van der Waals surface area contributed by atoms with Crippen LogP contribution >= 0.6 is 0 Å². The maximum Gasteiger partial charge on any atom is 0.354 e. The minimum atomic E-state index is -0.939. The van der Waals surface area contributed by atoms with Crippen molar-refractivity contribution in [1.29, 1.82) is 0 Å². The Balaban J connectivity index is 0.000000228. The molecule has 7 heteroatoms. The fraction of sp³-hybridized carbons (Fsp3) is 0.390. The Labute approximate surface area is 285 Å². The molecule has 7 nitrogen and oxygen atoms in total. The number of carbonyl (C=O) groups is 2. The number of amides is 1. The van der Waals surface area contributed by atoms with Crippen LogP contribution in [0.5, 0.6) is 5.75 Å². The van der Waals surface area contributed by atoms with Gasteiger partial charge in [-0.1, -0.05) is 119 Å². The van der Waals surface area contributed by atoms with Crippen LogP contribution in [0.1, 0.15) is 116 Å². The molecule has 0 radical (unpaired) electrons. The average molecular weight is 651 g/mol. The highest BCUT2D eigenvalue weighted by Gasteiger charge is 2.19. The van der Waals surface area contributed by atoms with Gasteiger partial charge in [0.25, 0.3) is 5.91 Å². The van der Waals surface area contributed by atoms with Gasteiger partial charge in [-0.25, -0.2) is 9.78 Å². The van der Waals surface area contributed by atoms with E-state index in [4.69, 9.17) is 9.84 Å². The summed E-state index contributed by atoms with van der Waals surface area (Å²) >= 11 is 0. The van der Waals surface area contributed by atoms with Crippen LogP contribution in [0.25, 0.3) is 0 Å². The van der Waals surface area contributed by atoms with Gasteiger partial charge in [0, 0.05) is 17.3 Å². The molecule has 0 spiro atoms. The number of ether oxygens (including phenoxy) is 1. The van der Waals surface area contributed by atoms with Crippen LogP contribution in [0.2, 0.25) is 0 Å². The van der Waals surface area contributed by atoms with E-state index in [2.05, 4.69) is 96.8 Å². The number of benzene rings is 3. The largest absolute Gasteiger partial charge is 0.489 e. The molecule has 1 aliphatic carbocycles. The highest BCUT2D eigenvalue weighted by molar-refractivity contribution is 5.85. The number of para-hydroxylation sites is 1. The first kappa shape index (κ1) is 37.8. The Kier molecular flexibility index (Phi) is 16.8. The summed E-state index contributed by atoms with van der Waals surface area (Å²) in [5, 5.41) is 11.1. The Morgan fingerprint density at radius 1 is 0.812 bits per heavy atom. The molecule has 0 aliphatic heterocycles. The number of fused-ring (bicyclic) bond motifs is 1. The highest BCUT2D eigenvalue weighted by Crippen LogP contribution is 2.30. The van der Waals surface area contributed by atoms with Gasteiger partial charge >= 0.3 is 5.97 Å². The van der Waals surface area contributed by atoms with Gasteiger partial charge in [0.15, 0.2) is 0 Å². The summed E-state index contributed by atoms with van der Waals surface area (Å²) in [5.41, 5.74) is 7.64. The van der Waals surface area contributed by atoms with Gasteiger partial charge in [0.1, 0.15) is 18.1 Å². The first-order valence-corrected chi connectivity index (χ1v) is 17.3. The summed E-state index contributed by atoms with van der Waals surface area (Å²) in [6.07, 6.45) is 10.7. The number of pyridine rings is 1. The van der Waals surface area contributed by atoms with E-state index in [-0.39, 0.29) is 5.69 Å². The van der Waals surface area contributed by atoms with Crippen molar-refractivity contribution in [3.63, 3.8) is 0 Å². The van der Waals surface area contributed by atoms with E-state index >= 15 is 0 Å². The topological polar surface area (TPSA) is 106 Å². The fourth-order valence-corrected chi connectivity index (χ4v) is 5.60. The standard InChI is InChI=1S/C24H26O.C11H13NO2.C6H11NO2/c1-2-8-23-11-6-7-12-24(23)25-19-22-17-15-21(16-18-22)14-13-20-9-4-3-5-10-20;1-7-3-2-4-9-8(7)5-6-10(12-9)11(13)14;1-2-3-4-5-6(8)7-9/h3-7,9-12,15-18H,2,8,13-14,19H2,1H3;5-7H,2-4H2,1H3,(H,13,14);2-5H2,1H3. The van der Waals surface area contributed by atoms with Crippen molar-refractivity contribution in [2.75, 3.05) is 0 Å². The summed E-state index contributed by atoms with van der Waals surface area (Å²) in [5.74, 6) is 0.0704. The number of carbonyl (C=O) groups excluding carboxylic acids is 1. The maximum absolute atomic E-state index is 10.7. The van der Waals surface area contributed by atoms with Crippen LogP contribution in [-0.4, -0.2) is 22.0 Å². The van der Waals surface area contributed by atoms with Crippen LogP contribution in [0.15, 0.2) is 96.2 Å². The van der Waals surface area contributed by atoms with Gasteiger partial charge in [-0.05, 0) is 90.8 Å². The predicted octanol–water partition coefficient (Wildman–Crippen LogP) is 10.1. The SMILES string of the molecule is CC1CCCc2nc(C(=O)O)ccc21.CCCCCC(=O)N=O.CCCc1ccccc1OCc1ccc(CCc2ccccc2)cc1. The quantitative estimate of drug-likeness (QED) is 0.114. The summed E-state index contributed by atoms with van der Waals surface area (Å²) in [6.45, 7) is 7.03. The lowest BCUT2D eigenvalue weighted by atomic mass is 9.87. The van der Waals surface area contributed by atoms with Gasteiger partial charge in [-0.2, -0.15) is 0 Å². The van der Waals surface area contributed by atoms with Crippen molar-refractivity contribution in [2.24, 2.45) is 5.18 Å². The second-order valence-electron chi connectivity index (χ2n) is 12.2. The number of nitroso groups, excluding NO2 is 1. The lowest BCUT2D eigenvalue weighted by molar-refractivity contribution is -0.118. The zero-order valence-electron chi connectivity index (χ0n) is 28.7. The molecule has 1 aromatic heterocycles. The van der Waals surface area contributed by atoms with Gasteiger partial charge in [-0.15, -0.1) is 4.91 Å². The highest BCUT2D eigenvalue weighted by atomic mass is 16.5. The normalized spacial score (nSPS) is 13.1. The molecular formula is C41H50N2O5. The van der Waals surface area contributed by atoms with E-state index in [0.717, 1.165) is 69.2 Å². The number of aryl methyl sites for hydroxylation is 4. The molecule has 0 saturated carbocycles. The molecule has 1 amide bonds. The predicted molar refractivity (Wildman–Crippen MR) is 193 cm³/mol. The van der Waals surface area contributed by atoms with Crippen molar-refractivity contribution in [1.82, 2.24) is 4.98 Å². The van der Waals surface area contributed by atoms with Gasteiger partial charge < -0.3 is 9.84 Å². The third kappa shape index (κ3) is 13.2. The third-order valence-corrected chi connectivity index (χ3v) is 8.36. The van der Waals surface area contributed by atoms with Crippen LogP contribution in [0.3, 0.4) is 0 Å². The van der Waals surface area contributed by atoms with Gasteiger partial charge in [0.05, 0.1) is 0 Å². The molecule has 1 unspecified atom stereocenters. The number of unbranched alkanes of at least 4 members (excludes halogenated alkanes) is 2. The molecule has 5 rings (SSSR count). The van der Waals surface area contributed by atoms with Gasteiger partial charge in [0.2, 0.25) is 0 Å². The number of carboxylic acid groups (broad SMARTS) is 1. The first-order valence-electron chi connectivity index (χ1n) is 17.3. The maximum atomic E-state index is 10.7. The summed E-state index contributed by atoms with van der Waals surface area (Å²) in [4.78, 5) is 34.6. The lowest BCUT2D eigenvalue weighted by Gasteiger charge is -2.21. The molecule has 0 bridgehead atoms. The summed E-state index contributed by atoms with van der Waals surface area (Å²) in [6, 6.07) is 31.3. The van der Waals surface area contributed by atoms with Crippen LogP contribution in [0, 0.1) is 4.91 Å². The number of carboxylic acids is 1. The van der Waals surface area contributed by atoms with Crippen molar-refractivity contribution in [2.45, 2.75) is 104 Å². The molecule has 4 aromatic rings. The second kappa shape index (κ2) is 21.3. The van der Waals surface area contributed by atoms with E-state index < -0.39 is 11.9 Å². The van der Waals surface area contributed by atoms with E-state index in [1.165, 1.54) is 34.2 Å². The van der Waals surface area contributed by atoms with Crippen LogP contribution < -0.4 is 4.74 Å². The Morgan fingerprint density at radius 3 is 2.15 bits per heavy atom. The number of hydrogen-bond acceptors (Lipinski definition) is 5. The Morgan fingerprint density at radius 2 is 1.48 bits per heavy atom. The van der Waals surface area contributed by atoms with Crippen molar-refractivity contribution < 1.29 is 19.4 Å². The minimum Gasteiger partial charge on any atom is -0.489 e. The first-order chi connectivity index (χ1) is 23.3. The minimum absolute atomic E-state index is 0.165. The molecule has 3 aromatic carbocycles. The van der Waals surface area contributed by atoms with Crippen molar-refractivity contribution in [3.05, 3.63) is 135 Å². The summed E-state index contributed by atoms with van der Waals surface area (Å²) < 4.78 is 6.04. The molecule has 48 heavy (non-hydrogen) atoms. The Hall–Kier alpha value is -4.65. The zero-order chi connectivity index (χ0) is 34.6. The van der Waals surface area contributed by atoms with E-state index in [0.29, 0.717) is 18.9 Å². The Bertz CT molecular complexity index is 1550. The van der Waals surface area contributed by atoms with Crippen LogP contribution in [0.4, 0.5) is 0 Å². The van der Waals surface area contributed by atoms with Crippen LogP contribution in [-0.2, 0) is 37.1 Å². The van der Waals surface area contributed by atoms with E-state index in [9.17, 15) is 14.5 Å². The second-order valence-corrected chi connectivity index (χ2v) is 12.2. The van der Waals surface area contributed by atoms with E-state index in [1.807, 2.05) is 19.1 Å². The number of nitrogens with zero attached hydrogens (tertiary/aromatic N) is 2. The fourth-order valence-electron chi connectivity index (χ4n) is 5.60. The smallest absolute Gasteiger partial charge is 0.354 e. The number of hydrogen-bond donors (Lipinski definition) is 1. The summed E-state index contributed by atoms with van der Waals surface area (Å²) in [7, 11) is 0. The number of aromatic nitrogens is 1. The monoisotopic (exact) mass is 650 g/mol. The molecule has 254 valence electrons. The molecule has 0 saturated heterocycles. The zero-order valence-corrected chi connectivity index (χ0v) is 28.7. The van der Waals surface area contributed by atoms with Gasteiger partial charge in [-0.3, -0.25) is 4.79 Å². The molecule has 1 N–H and O–H groups in total. The number of aromatic carboxylic acids is 1. The van der Waals surface area contributed by atoms with Crippen molar-refractivity contribution in [3.8, 4) is 5.75 Å². The molecule has 1 heterocycles. The average Bonchev–Trinajstić information content (AvgIpc) is 3.12. The van der Waals surface area contributed by atoms with E-state index in [1.54, 1.807) is 6.07 Å². The molecular weight excluding hydrogens is 600 g/mol. The third-order valence-electron chi connectivity index (χ3n) is 8.36. The van der Waals surface area contributed by atoms with Crippen molar-refractivity contribution >= 4 is 11.9 Å². The molecule has 1 aliphatic rings. The molecule has 0 fully saturated rings. The molecule has 1 atom stereocenters.